The largest absolute Gasteiger partial charge is 0.370 e. The summed E-state index contributed by atoms with van der Waals surface area (Å²) in [5, 5.41) is 6.88. The van der Waals surface area contributed by atoms with Crippen LogP contribution in [0.15, 0.2) is 6.07 Å². The normalized spacial score (nSPS) is 17.2. The van der Waals surface area contributed by atoms with Crippen molar-refractivity contribution < 1.29 is 0 Å². The molecule has 1 heterocycles. The van der Waals surface area contributed by atoms with E-state index in [9.17, 15) is 0 Å². The first-order valence-electron chi connectivity index (χ1n) is 8.45. The highest BCUT2D eigenvalue weighted by Crippen LogP contribution is 2.40. The van der Waals surface area contributed by atoms with Gasteiger partial charge in [0.2, 0.25) is 0 Å². The third kappa shape index (κ3) is 4.08. The van der Waals surface area contributed by atoms with Gasteiger partial charge >= 0.3 is 0 Å². The molecule has 2 N–H and O–H groups in total. The summed E-state index contributed by atoms with van der Waals surface area (Å²) in [7, 11) is 0. The van der Waals surface area contributed by atoms with Gasteiger partial charge in [-0.1, -0.05) is 33.6 Å². The fraction of sp³-hybridized carbons (Fsp3) is 0.765. The van der Waals surface area contributed by atoms with Crippen molar-refractivity contribution in [1.82, 2.24) is 9.97 Å². The minimum atomic E-state index is 0.343. The molecule has 118 valence electrons. The molecule has 21 heavy (non-hydrogen) atoms. The summed E-state index contributed by atoms with van der Waals surface area (Å²) in [6.45, 7) is 10.6. The van der Waals surface area contributed by atoms with Crippen molar-refractivity contribution in [3.8, 4) is 0 Å². The third-order valence-electron chi connectivity index (χ3n) is 4.68. The van der Waals surface area contributed by atoms with E-state index in [-0.39, 0.29) is 0 Å². The smallest absolute Gasteiger partial charge is 0.135 e. The van der Waals surface area contributed by atoms with Crippen LogP contribution in [0, 0.1) is 5.41 Å². The fourth-order valence-electron chi connectivity index (χ4n) is 3.14. The molecule has 0 atom stereocenters. The lowest BCUT2D eigenvalue weighted by Crippen LogP contribution is -2.26. The summed E-state index contributed by atoms with van der Waals surface area (Å²) in [5.41, 5.74) is 0.474. The van der Waals surface area contributed by atoms with Crippen molar-refractivity contribution in [2.24, 2.45) is 5.41 Å². The molecule has 0 radical (unpaired) electrons. The minimum absolute atomic E-state index is 0.343. The molecule has 0 unspecified atom stereocenters. The minimum Gasteiger partial charge on any atom is -0.370 e. The number of hydrogen-bond acceptors (Lipinski definition) is 4. The Morgan fingerprint density at radius 3 is 2.24 bits per heavy atom. The SMILES string of the molecule is CCNc1cc(NCC2(CC)CCCC2)nc(C(C)C)n1. The quantitative estimate of drug-likeness (QED) is 0.780. The van der Waals surface area contributed by atoms with E-state index in [1.165, 1.54) is 32.1 Å². The highest BCUT2D eigenvalue weighted by atomic mass is 15.1. The van der Waals surface area contributed by atoms with Gasteiger partial charge in [-0.15, -0.1) is 0 Å². The van der Waals surface area contributed by atoms with Gasteiger partial charge in [-0.2, -0.15) is 0 Å². The summed E-state index contributed by atoms with van der Waals surface area (Å²) in [4.78, 5) is 9.26. The second-order valence-electron chi connectivity index (χ2n) is 6.60. The van der Waals surface area contributed by atoms with Gasteiger partial charge in [0.15, 0.2) is 0 Å². The van der Waals surface area contributed by atoms with Gasteiger partial charge in [0.25, 0.3) is 0 Å². The van der Waals surface area contributed by atoms with Gasteiger partial charge in [0, 0.05) is 25.1 Å². The van der Waals surface area contributed by atoms with Crippen molar-refractivity contribution >= 4 is 11.6 Å². The Labute approximate surface area is 129 Å². The van der Waals surface area contributed by atoms with E-state index in [1.54, 1.807) is 0 Å². The highest BCUT2D eigenvalue weighted by molar-refractivity contribution is 5.48. The van der Waals surface area contributed by atoms with Crippen LogP contribution in [0.2, 0.25) is 0 Å². The van der Waals surface area contributed by atoms with E-state index in [1.807, 2.05) is 6.07 Å². The Balaban J connectivity index is 2.11. The first-order chi connectivity index (χ1) is 10.1. The molecule has 1 aromatic rings. The molecule has 1 aromatic heterocycles. The molecule has 0 aliphatic heterocycles. The van der Waals surface area contributed by atoms with E-state index in [0.29, 0.717) is 11.3 Å². The number of anilines is 2. The zero-order chi connectivity index (χ0) is 15.3. The predicted octanol–water partition coefficient (Wildman–Crippen LogP) is 4.41. The predicted molar refractivity (Wildman–Crippen MR) is 90.0 cm³/mol. The molecule has 0 saturated heterocycles. The van der Waals surface area contributed by atoms with E-state index >= 15 is 0 Å². The summed E-state index contributed by atoms with van der Waals surface area (Å²) < 4.78 is 0. The van der Waals surface area contributed by atoms with Gasteiger partial charge in [-0.05, 0) is 31.6 Å². The van der Waals surface area contributed by atoms with Crippen LogP contribution in [0.5, 0.6) is 0 Å². The lowest BCUT2D eigenvalue weighted by Gasteiger charge is -2.28. The third-order valence-corrected chi connectivity index (χ3v) is 4.68. The average molecular weight is 290 g/mol. The summed E-state index contributed by atoms with van der Waals surface area (Å²) >= 11 is 0. The first kappa shape index (κ1) is 16.1. The lowest BCUT2D eigenvalue weighted by atomic mass is 9.83. The number of aromatic nitrogens is 2. The molecule has 1 aliphatic rings. The lowest BCUT2D eigenvalue weighted by molar-refractivity contribution is 0.306. The second kappa shape index (κ2) is 7.10. The standard InChI is InChI=1S/C17H30N4/c1-5-17(9-7-8-10-17)12-19-15-11-14(18-6-2)20-16(21-15)13(3)4/h11,13H,5-10,12H2,1-4H3,(H2,18,19,20,21). The highest BCUT2D eigenvalue weighted by Gasteiger charge is 2.31. The first-order valence-corrected chi connectivity index (χ1v) is 8.45. The fourth-order valence-corrected chi connectivity index (χ4v) is 3.14. The number of hydrogen-bond donors (Lipinski definition) is 2. The molecule has 2 rings (SSSR count). The molecule has 0 bridgehead atoms. The Hall–Kier alpha value is -1.32. The van der Waals surface area contributed by atoms with Crippen LogP contribution in [-0.2, 0) is 0 Å². The average Bonchev–Trinajstić information content (AvgIpc) is 2.95. The summed E-state index contributed by atoms with van der Waals surface area (Å²) in [6.07, 6.45) is 6.69. The zero-order valence-corrected chi connectivity index (χ0v) is 14.0. The van der Waals surface area contributed by atoms with Gasteiger partial charge < -0.3 is 10.6 Å². The molecule has 1 aliphatic carbocycles. The Kier molecular flexibility index (Phi) is 5.43. The molecular formula is C17H30N4. The van der Waals surface area contributed by atoms with Crippen molar-refractivity contribution in [2.75, 3.05) is 23.7 Å². The van der Waals surface area contributed by atoms with Crippen molar-refractivity contribution in [3.63, 3.8) is 0 Å². The maximum Gasteiger partial charge on any atom is 0.135 e. The van der Waals surface area contributed by atoms with Crippen LogP contribution in [-0.4, -0.2) is 23.1 Å². The zero-order valence-electron chi connectivity index (χ0n) is 14.0. The van der Waals surface area contributed by atoms with E-state index in [2.05, 4.69) is 48.3 Å². The van der Waals surface area contributed by atoms with Gasteiger partial charge in [0.1, 0.15) is 17.5 Å². The van der Waals surface area contributed by atoms with E-state index in [0.717, 1.165) is 30.5 Å². The van der Waals surface area contributed by atoms with Crippen molar-refractivity contribution in [2.45, 2.75) is 65.7 Å². The van der Waals surface area contributed by atoms with Crippen LogP contribution in [0.25, 0.3) is 0 Å². The Morgan fingerprint density at radius 1 is 1.10 bits per heavy atom. The monoisotopic (exact) mass is 290 g/mol. The van der Waals surface area contributed by atoms with Crippen LogP contribution in [0.3, 0.4) is 0 Å². The number of rotatable bonds is 7. The van der Waals surface area contributed by atoms with Crippen LogP contribution >= 0.6 is 0 Å². The van der Waals surface area contributed by atoms with Gasteiger partial charge in [-0.25, -0.2) is 9.97 Å². The van der Waals surface area contributed by atoms with Gasteiger partial charge in [-0.3, -0.25) is 0 Å². The van der Waals surface area contributed by atoms with Gasteiger partial charge in [0.05, 0.1) is 0 Å². The van der Waals surface area contributed by atoms with Crippen LogP contribution < -0.4 is 10.6 Å². The van der Waals surface area contributed by atoms with E-state index < -0.39 is 0 Å². The maximum atomic E-state index is 4.68. The molecule has 0 amide bonds. The molecule has 0 spiro atoms. The molecule has 1 fully saturated rings. The van der Waals surface area contributed by atoms with Crippen LogP contribution in [0.1, 0.15) is 71.5 Å². The summed E-state index contributed by atoms with van der Waals surface area (Å²) in [6, 6.07) is 2.04. The molecule has 0 aromatic carbocycles. The maximum absolute atomic E-state index is 4.68. The molecule has 1 saturated carbocycles. The van der Waals surface area contributed by atoms with Crippen molar-refractivity contribution in [1.29, 1.82) is 0 Å². The van der Waals surface area contributed by atoms with Crippen LogP contribution in [0.4, 0.5) is 11.6 Å². The molecular weight excluding hydrogens is 260 g/mol. The molecule has 4 heteroatoms. The number of nitrogens with zero attached hydrogens (tertiary/aromatic N) is 2. The van der Waals surface area contributed by atoms with E-state index in [4.69, 9.17) is 0 Å². The topological polar surface area (TPSA) is 49.8 Å². The molecule has 4 nitrogen and oxygen atoms in total. The Bertz CT molecular complexity index is 450. The van der Waals surface area contributed by atoms with Crippen molar-refractivity contribution in [3.05, 3.63) is 11.9 Å². The Morgan fingerprint density at radius 2 is 1.71 bits per heavy atom. The second-order valence-corrected chi connectivity index (χ2v) is 6.60. The summed E-state index contributed by atoms with van der Waals surface area (Å²) in [5.74, 6) is 3.14. The number of nitrogens with one attached hydrogen (secondary N) is 2.